The van der Waals surface area contributed by atoms with E-state index >= 15 is 0 Å². The summed E-state index contributed by atoms with van der Waals surface area (Å²) in [6.07, 6.45) is 1.54. The van der Waals surface area contributed by atoms with Crippen molar-refractivity contribution in [2.75, 3.05) is 0 Å². The van der Waals surface area contributed by atoms with Gasteiger partial charge in [0.2, 0.25) is 11.2 Å². The zero-order valence-electron chi connectivity index (χ0n) is 14.1. The molecule has 0 aliphatic heterocycles. The molecule has 0 radical (unpaired) electrons. The van der Waals surface area contributed by atoms with E-state index in [2.05, 4.69) is 25.1 Å². The number of nitrogens with zero attached hydrogens (tertiary/aromatic N) is 4. The maximum absolute atomic E-state index is 12.4. The molecule has 10 heteroatoms. The van der Waals surface area contributed by atoms with Gasteiger partial charge in [0, 0.05) is 13.0 Å². The summed E-state index contributed by atoms with van der Waals surface area (Å²) in [6, 6.07) is 9.82. The molecule has 3 heterocycles. The molecule has 0 amide bonds. The highest BCUT2D eigenvalue weighted by atomic mass is 35.5. The zero-order chi connectivity index (χ0) is 18.8. The van der Waals surface area contributed by atoms with E-state index in [9.17, 15) is 9.59 Å². The van der Waals surface area contributed by atoms with Gasteiger partial charge in [0.25, 0.3) is 5.56 Å². The molecule has 0 saturated carbocycles. The highest BCUT2D eigenvalue weighted by Crippen LogP contribution is 2.09. The molecule has 27 heavy (non-hydrogen) atoms. The number of aryl methyl sites for hydroxylation is 1. The van der Waals surface area contributed by atoms with Crippen molar-refractivity contribution in [3.05, 3.63) is 73.7 Å². The topological polar surface area (TPSA) is 122 Å². The summed E-state index contributed by atoms with van der Waals surface area (Å²) in [5.74, 6) is 1.07. The Balaban J connectivity index is 1.42. The fourth-order valence-electron chi connectivity index (χ4n) is 2.82. The van der Waals surface area contributed by atoms with Gasteiger partial charge in [-0.3, -0.25) is 14.3 Å². The van der Waals surface area contributed by atoms with Crippen molar-refractivity contribution in [1.82, 2.24) is 29.7 Å². The number of fused-ring (bicyclic) bond motifs is 1. The van der Waals surface area contributed by atoms with Crippen LogP contribution in [0.5, 0.6) is 0 Å². The van der Waals surface area contributed by atoms with Crippen LogP contribution in [0.15, 0.2) is 44.4 Å². The van der Waals surface area contributed by atoms with Crippen LogP contribution in [-0.2, 0) is 19.4 Å². The first-order chi connectivity index (χ1) is 13.1. The predicted octanol–water partition coefficient (Wildman–Crippen LogP) is 1.67. The first kappa shape index (κ1) is 17.2. The Hall–Kier alpha value is -3.20. The maximum atomic E-state index is 12.4. The average molecular weight is 387 g/mol. The zero-order valence-corrected chi connectivity index (χ0v) is 14.9. The summed E-state index contributed by atoms with van der Waals surface area (Å²) >= 11 is 5.74. The van der Waals surface area contributed by atoms with E-state index in [4.69, 9.17) is 16.1 Å². The summed E-state index contributed by atoms with van der Waals surface area (Å²) in [7, 11) is 0. The summed E-state index contributed by atoms with van der Waals surface area (Å²) in [5, 5.41) is 4.00. The Kier molecular flexibility index (Phi) is 4.59. The summed E-state index contributed by atoms with van der Waals surface area (Å²) in [4.78, 5) is 37.8. The van der Waals surface area contributed by atoms with E-state index in [0.717, 1.165) is 10.1 Å². The molecule has 4 aromatic rings. The minimum atomic E-state index is -0.534. The molecular weight excluding hydrogens is 372 g/mol. The first-order valence-electron chi connectivity index (χ1n) is 8.34. The number of imidazole rings is 1. The standard InChI is InChI=1S/C17H15ClN6O3/c18-16-20-13-14(21-16)22-17(26)24(15(13)25)8-4-7-11-19-12(27-23-11)9-10-5-2-1-3-6-10/h1-3,5-6H,4,7-9H2,(H,20,21)(H,22,26). The predicted molar refractivity (Wildman–Crippen MR) is 97.9 cm³/mol. The molecule has 3 aromatic heterocycles. The fourth-order valence-corrected chi connectivity index (χ4v) is 3.00. The molecule has 2 N–H and O–H groups in total. The van der Waals surface area contributed by atoms with E-state index < -0.39 is 11.2 Å². The van der Waals surface area contributed by atoms with Crippen LogP contribution < -0.4 is 11.2 Å². The second-order valence-corrected chi connectivity index (χ2v) is 6.37. The molecule has 0 aliphatic carbocycles. The van der Waals surface area contributed by atoms with Gasteiger partial charge in [0.15, 0.2) is 17.0 Å². The second-order valence-electron chi connectivity index (χ2n) is 6.01. The van der Waals surface area contributed by atoms with Gasteiger partial charge in [-0.25, -0.2) is 4.79 Å². The largest absolute Gasteiger partial charge is 0.339 e. The number of aromatic nitrogens is 6. The Morgan fingerprint density at radius 1 is 1.11 bits per heavy atom. The van der Waals surface area contributed by atoms with Crippen molar-refractivity contribution < 1.29 is 4.52 Å². The van der Waals surface area contributed by atoms with Crippen LogP contribution in [0.4, 0.5) is 0 Å². The molecule has 0 saturated heterocycles. The van der Waals surface area contributed by atoms with Crippen molar-refractivity contribution in [2.45, 2.75) is 25.8 Å². The molecule has 0 bridgehead atoms. The molecule has 0 fully saturated rings. The average Bonchev–Trinajstić information content (AvgIpc) is 3.24. The molecule has 0 aliphatic rings. The molecule has 138 valence electrons. The summed E-state index contributed by atoms with van der Waals surface area (Å²) in [6.45, 7) is 0.212. The minimum Gasteiger partial charge on any atom is -0.339 e. The number of hydrogen-bond acceptors (Lipinski definition) is 6. The molecular formula is C17H15ClN6O3. The smallest absolute Gasteiger partial charge is 0.330 e. The third-order valence-corrected chi connectivity index (χ3v) is 4.27. The van der Waals surface area contributed by atoms with Crippen LogP contribution in [0.1, 0.15) is 23.7 Å². The lowest BCUT2D eigenvalue weighted by Crippen LogP contribution is -2.35. The SMILES string of the molecule is O=c1[nH]c2nc(Cl)[nH]c2c(=O)n1CCCc1noc(Cc2ccccc2)n1. The lowest BCUT2D eigenvalue weighted by molar-refractivity contribution is 0.378. The number of H-pyrrole nitrogens is 2. The minimum absolute atomic E-state index is 0.0493. The third kappa shape index (κ3) is 3.68. The third-order valence-electron chi connectivity index (χ3n) is 4.09. The lowest BCUT2D eigenvalue weighted by atomic mass is 10.1. The second kappa shape index (κ2) is 7.20. The van der Waals surface area contributed by atoms with Crippen LogP contribution in [0, 0.1) is 0 Å². The maximum Gasteiger partial charge on any atom is 0.330 e. The van der Waals surface area contributed by atoms with E-state index in [-0.39, 0.29) is 23.0 Å². The Morgan fingerprint density at radius 2 is 1.93 bits per heavy atom. The van der Waals surface area contributed by atoms with Gasteiger partial charge >= 0.3 is 5.69 Å². The summed E-state index contributed by atoms with van der Waals surface area (Å²) in [5.41, 5.74) is 0.399. The highest BCUT2D eigenvalue weighted by Gasteiger charge is 2.12. The van der Waals surface area contributed by atoms with Gasteiger partial charge in [-0.1, -0.05) is 35.5 Å². The van der Waals surface area contributed by atoms with Crippen LogP contribution in [0.25, 0.3) is 11.2 Å². The lowest BCUT2D eigenvalue weighted by Gasteiger charge is -2.02. The van der Waals surface area contributed by atoms with Crippen molar-refractivity contribution >= 4 is 22.8 Å². The van der Waals surface area contributed by atoms with E-state index in [1.165, 1.54) is 0 Å². The number of aromatic amines is 2. The van der Waals surface area contributed by atoms with Gasteiger partial charge in [-0.2, -0.15) is 9.97 Å². The van der Waals surface area contributed by atoms with Crippen molar-refractivity contribution in [3.63, 3.8) is 0 Å². The van der Waals surface area contributed by atoms with E-state index in [1.807, 2.05) is 30.3 Å². The molecule has 0 atom stereocenters. The highest BCUT2D eigenvalue weighted by molar-refractivity contribution is 6.28. The fraction of sp³-hybridized carbons (Fsp3) is 0.235. The number of rotatable bonds is 6. The number of benzene rings is 1. The molecule has 1 aromatic carbocycles. The van der Waals surface area contributed by atoms with Crippen molar-refractivity contribution in [1.29, 1.82) is 0 Å². The molecule has 9 nitrogen and oxygen atoms in total. The Labute approximate surface area is 157 Å². The molecule has 0 unspecified atom stereocenters. The summed E-state index contributed by atoms with van der Waals surface area (Å²) < 4.78 is 6.35. The monoisotopic (exact) mass is 386 g/mol. The van der Waals surface area contributed by atoms with Gasteiger partial charge in [0.1, 0.15) is 0 Å². The van der Waals surface area contributed by atoms with Crippen molar-refractivity contribution in [3.8, 4) is 0 Å². The van der Waals surface area contributed by atoms with Crippen LogP contribution in [0.2, 0.25) is 5.28 Å². The number of hydrogen-bond donors (Lipinski definition) is 2. The quantitative estimate of drug-likeness (QED) is 0.486. The van der Waals surface area contributed by atoms with Crippen LogP contribution >= 0.6 is 11.6 Å². The van der Waals surface area contributed by atoms with Gasteiger partial charge in [-0.05, 0) is 23.6 Å². The molecule has 0 spiro atoms. The first-order valence-corrected chi connectivity index (χ1v) is 8.71. The Morgan fingerprint density at radius 3 is 2.74 bits per heavy atom. The Bertz CT molecular complexity index is 1190. The van der Waals surface area contributed by atoms with Crippen LogP contribution in [-0.4, -0.2) is 29.7 Å². The van der Waals surface area contributed by atoms with Crippen LogP contribution in [0.3, 0.4) is 0 Å². The number of halogens is 1. The van der Waals surface area contributed by atoms with Gasteiger partial charge in [0.05, 0.1) is 6.42 Å². The molecule has 4 rings (SSSR count). The van der Waals surface area contributed by atoms with Gasteiger partial charge in [-0.15, -0.1) is 0 Å². The van der Waals surface area contributed by atoms with E-state index in [1.54, 1.807) is 0 Å². The van der Waals surface area contributed by atoms with E-state index in [0.29, 0.717) is 31.0 Å². The normalized spacial score (nSPS) is 11.3. The van der Waals surface area contributed by atoms with Gasteiger partial charge < -0.3 is 9.51 Å². The van der Waals surface area contributed by atoms with Crippen molar-refractivity contribution in [2.24, 2.45) is 0 Å². The number of nitrogens with one attached hydrogen (secondary N) is 2.